The van der Waals surface area contributed by atoms with Gasteiger partial charge in [0.15, 0.2) is 0 Å². The van der Waals surface area contributed by atoms with Crippen molar-refractivity contribution >= 4 is 23.2 Å². The van der Waals surface area contributed by atoms with Gasteiger partial charge in [0.2, 0.25) is 0 Å². The van der Waals surface area contributed by atoms with Crippen LogP contribution in [0.3, 0.4) is 0 Å². The van der Waals surface area contributed by atoms with Gasteiger partial charge in [-0.15, -0.1) is 5.10 Å². The average Bonchev–Trinajstić information content (AvgIpc) is 2.87. The molecule has 1 saturated heterocycles. The molecular weight excluding hydrogens is 295 g/mol. The fraction of sp³-hybridized carbons (Fsp3) is 0.429. The van der Waals surface area contributed by atoms with E-state index in [0.29, 0.717) is 16.0 Å². The maximum atomic E-state index is 6.02. The molecule has 0 atom stereocenters. The number of nitrogens with one attached hydrogen (secondary N) is 1. The highest BCUT2D eigenvalue weighted by molar-refractivity contribution is 6.35. The van der Waals surface area contributed by atoms with Gasteiger partial charge >= 0.3 is 0 Å². The van der Waals surface area contributed by atoms with Gasteiger partial charge in [0.1, 0.15) is 5.69 Å². The number of hydrogen-bond acceptors (Lipinski definition) is 3. The summed E-state index contributed by atoms with van der Waals surface area (Å²) in [5.74, 6) is 0.675. The van der Waals surface area contributed by atoms with Gasteiger partial charge in [0.25, 0.3) is 0 Å². The van der Waals surface area contributed by atoms with Gasteiger partial charge in [0, 0.05) is 22.2 Å². The van der Waals surface area contributed by atoms with E-state index in [0.717, 1.165) is 30.9 Å². The number of rotatable bonds is 3. The standard InChI is InChI=1S/C14H16Cl2N4/c15-12-5-11(6-13(16)7-12)14-9-20(19-18-14)8-10-1-3-17-4-2-10/h5-7,9-10,17H,1-4,8H2. The lowest BCUT2D eigenvalue weighted by atomic mass is 9.98. The Kier molecular flexibility index (Phi) is 4.24. The Labute approximate surface area is 128 Å². The summed E-state index contributed by atoms with van der Waals surface area (Å²) in [6, 6.07) is 5.42. The van der Waals surface area contributed by atoms with Crippen LogP contribution in [0.4, 0.5) is 0 Å². The Morgan fingerprint density at radius 1 is 1.15 bits per heavy atom. The van der Waals surface area contributed by atoms with Crippen LogP contribution in [0.1, 0.15) is 12.8 Å². The van der Waals surface area contributed by atoms with Gasteiger partial charge in [-0.3, -0.25) is 4.68 Å². The molecule has 0 aliphatic carbocycles. The van der Waals surface area contributed by atoms with Crippen LogP contribution in [-0.4, -0.2) is 28.1 Å². The molecule has 1 aliphatic heterocycles. The first-order valence-corrected chi connectivity index (χ1v) is 7.53. The SMILES string of the molecule is Clc1cc(Cl)cc(-c2cn(CC3CCNCC3)nn2)c1. The first-order valence-electron chi connectivity index (χ1n) is 6.78. The molecule has 1 aromatic heterocycles. The summed E-state index contributed by atoms with van der Waals surface area (Å²) in [4.78, 5) is 0. The molecule has 1 aromatic carbocycles. The zero-order valence-electron chi connectivity index (χ0n) is 11.0. The smallest absolute Gasteiger partial charge is 0.113 e. The summed E-state index contributed by atoms with van der Waals surface area (Å²) in [5.41, 5.74) is 1.71. The van der Waals surface area contributed by atoms with Crippen molar-refractivity contribution in [3.05, 3.63) is 34.4 Å². The van der Waals surface area contributed by atoms with Crippen molar-refractivity contribution in [2.75, 3.05) is 13.1 Å². The van der Waals surface area contributed by atoms with Gasteiger partial charge in [-0.05, 0) is 50.0 Å². The second-order valence-corrected chi connectivity index (χ2v) is 6.05. The first-order chi connectivity index (χ1) is 9.70. The molecular formula is C14H16Cl2N4. The molecule has 2 aromatic rings. The van der Waals surface area contributed by atoms with E-state index in [-0.39, 0.29) is 0 Å². The molecule has 0 spiro atoms. The van der Waals surface area contributed by atoms with E-state index in [9.17, 15) is 0 Å². The third kappa shape index (κ3) is 3.32. The zero-order valence-corrected chi connectivity index (χ0v) is 12.5. The van der Waals surface area contributed by atoms with Crippen LogP contribution in [-0.2, 0) is 6.54 Å². The van der Waals surface area contributed by atoms with Crippen LogP contribution in [0, 0.1) is 5.92 Å². The van der Waals surface area contributed by atoms with Crippen LogP contribution < -0.4 is 5.32 Å². The second-order valence-electron chi connectivity index (χ2n) is 5.18. The lowest BCUT2D eigenvalue weighted by Crippen LogP contribution is -2.30. The van der Waals surface area contributed by atoms with Gasteiger partial charge < -0.3 is 5.32 Å². The van der Waals surface area contributed by atoms with Crippen LogP contribution in [0.5, 0.6) is 0 Å². The number of benzene rings is 1. The van der Waals surface area contributed by atoms with Crippen molar-refractivity contribution in [1.82, 2.24) is 20.3 Å². The minimum atomic E-state index is 0.611. The Hall–Kier alpha value is -1.10. The van der Waals surface area contributed by atoms with Crippen LogP contribution in [0.15, 0.2) is 24.4 Å². The van der Waals surface area contributed by atoms with Crippen molar-refractivity contribution in [3.63, 3.8) is 0 Å². The van der Waals surface area contributed by atoms with Crippen molar-refractivity contribution in [1.29, 1.82) is 0 Å². The molecule has 6 heteroatoms. The predicted octanol–water partition coefficient (Wildman–Crippen LogP) is 3.25. The Bertz CT molecular complexity index is 570. The summed E-state index contributed by atoms with van der Waals surface area (Å²) in [6.07, 6.45) is 4.35. The Morgan fingerprint density at radius 3 is 2.55 bits per heavy atom. The zero-order chi connectivity index (χ0) is 13.9. The third-order valence-corrected chi connectivity index (χ3v) is 4.04. The summed E-state index contributed by atoms with van der Waals surface area (Å²) >= 11 is 12.0. The van der Waals surface area contributed by atoms with E-state index in [1.54, 1.807) is 6.07 Å². The topological polar surface area (TPSA) is 42.7 Å². The van der Waals surface area contributed by atoms with Crippen LogP contribution in [0.25, 0.3) is 11.3 Å². The van der Waals surface area contributed by atoms with Crippen molar-refractivity contribution in [2.45, 2.75) is 19.4 Å². The van der Waals surface area contributed by atoms with Crippen molar-refractivity contribution in [3.8, 4) is 11.3 Å². The molecule has 106 valence electrons. The quantitative estimate of drug-likeness (QED) is 0.946. The fourth-order valence-electron chi connectivity index (χ4n) is 2.55. The van der Waals surface area contributed by atoms with Crippen LogP contribution >= 0.6 is 23.2 Å². The molecule has 4 nitrogen and oxygen atoms in total. The predicted molar refractivity (Wildman–Crippen MR) is 81.1 cm³/mol. The average molecular weight is 311 g/mol. The number of hydrogen-bond donors (Lipinski definition) is 1. The molecule has 0 bridgehead atoms. The molecule has 20 heavy (non-hydrogen) atoms. The maximum absolute atomic E-state index is 6.02. The number of nitrogens with zero attached hydrogens (tertiary/aromatic N) is 3. The van der Waals surface area contributed by atoms with Gasteiger partial charge in [-0.25, -0.2) is 0 Å². The van der Waals surface area contributed by atoms with Crippen LogP contribution in [0.2, 0.25) is 10.0 Å². The minimum Gasteiger partial charge on any atom is -0.317 e. The Morgan fingerprint density at radius 2 is 1.85 bits per heavy atom. The summed E-state index contributed by atoms with van der Waals surface area (Å²) in [7, 11) is 0. The first kappa shape index (κ1) is 13.9. The van der Waals surface area contributed by atoms with E-state index in [1.807, 2.05) is 23.0 Å². The molecule has 1 N–H and O–H groups in total. The molecule has 0 radical (unpaired) electrons. The molecule has 0 saturated carbocycles. The molecule has 2 heterocycles. The largest absolute Gasteiger partial charge is 0.317 e. The highest BCUT2D eigenvalue weighted by Gasteiger charge is 2.15. The number of piperidine rings is 1. The highest BCUT2D eigenvalue weighted by Crippen LogP contribution is 2.26. The van der Waals surface area contributed by atoms with E-state index in [2.05, 4.69) is 15.6 Å². The van der Waals surface area contributed by atoms with Gasteiger partial charge in [0.05, 0.1) is 6.20 Å². The monoisotopic (exact) mass is 310 g/mol. The molecule has 0 amide bonds. The molecule has 3 rings (SSSR count). The van der Waals surface area contributed by atoms with Gasteiger partial charge in [-0.1, -0.05) is 28.4 Å². The third-order valence-electron chi connectivity index (χ3n) is 3.60. The fourth-order valence-corrected chi connectivity index (χ4v) is 3.08. The molecule has 1 aliphatic rings. The molecule has 1 fully saturated rings. The van der Waals surface area contributed by atoms with Crippen molar-refractivity contribution in [2.24, 2.45) is 5.92 Å². The van der Waals surface area contributed by atoms with E-state index in [1.165, 1.54) is 12.8 Å². The van der Waals surface area contributed by atoms with E-state index >= 15 is 0 Å². The second kappa shape index (κ2) is 6.12. The normalized spacial score (nSPS) is 16.5. The highest BCUT2D eigenvalue weighted by atomic mass is 35.5. The Balaban J connectivity index is 1.75. The summed E-state index contributed by atoms with van der Waals surface area (Å²) in [5, 5.41) is 13.0. The van der Waals surface area contributed by atoms with E-state index < -0.39 is 0 Å². The summed E-state index contributed by atoms with van der Waals surface area (Å²) in [6.45, 7) is 3.11. The molecule has 0 unspecified atom stereocenters. The maximum Gasteiger partial charge on any atom is 0.113 e. The number of halogens is 2. The van der Waals surface area contributed by atoms with Gasteiger partial charge in [-0.2, -0.15) is 0 Å². The van der Waals surface area contributed by atoms with Crippen molar-refractivity contribution < 1.29 is 0 Å². The summed E-state index contributed by atoms with van der Waals surface area (Å²) < 4.78 is 1.92. The lowest BCUT2D eigenvalue weighted by molar-refractivity contribution is 0.318. The lowest BCUT2D eigenvalue weighted by Gasteiger charge is -2.21. The number of aromatic nitrogens is 3. The van der Waals surface area contributed by atoms with E-state index in [4.69, 9.17) is 23.2 Å². The minimum absolute atomic E-state index is 0.611.